The first-order chi connectivity index (χ1) is 17.3. The summed E-state index contributed by atoms with van der Waals surface area (Å²) in [5.41, 5.74) is 2.10. The summed E-state index contributed by atoms with van der Waals surface area (Å²) in [5.74, 6) is 0.358. The molecule has 0 aliphatic rings. The lowest BCUT2D eigenvalue weighted by atomic mass is 10.1. The molecule has 36 heavy (non-hydrogen) atoms. The van der Waals surface area contributed by atoms with Gasteiger partial charge in [0.05, 0.1) is 22.7 Å². The number of carbonyl (C=O) groups excluding carboxylic acids is 1. The van der Waals surface area contributed by atoms with E-state index < -0.39 is 15.9 Å². The molecule has 0 saturated heterocycles. The molecule has 3 aromatic carbocycles. The molecule has 1 heterocycles. The van der Waals surface area contributed by atoms with Crippen LogP contribution in [0.5, 0.6) is 0 Å². The number of sulfonamides is 1. The molecule has 186 valence electrons. The fraction of sp³-hybridized carbons (Fsp3) is 0.160. The second-order valence-electron chi connectivity index (χ2n) is 7.73. The first kappa shape index (κ1) is 26.2. The molecule has 1 N–H and O–H groups in total. The molecule has 1 amide bonds. The number of carbonyl (C=O) groups is 1. The van der Waals surface area contributed by atoms with E-state index in [1.807, 2.05) is 13.8 Å². The van der Waals surface area contributed by atoms with Crippen LogP contribution in [-0.4, -0.2) is 30.3 Å². The van der Waals surface area contributed by atoms with E-state index in [1.54, 1.807) is 72.8 Å². The summed E-state index contributed by atoms with van der Waals surface area (Å²) in [6.45, 7) is 3.90. The number of halogens is 1. The number of amides is 1. The summed E-state index contributed by atoms with van der Waals surface area (Å²) < 4.78 is 29.7. The molecule has 0 aliphatic carbocycles. The Kier molecular flexibility index (Phi) is 8.30. The number of para-hydroxylation sites is 1. The number of hydrogen-bond donors (Lipinski definition) is 1. The Hall–Kier alpha value is -2.92. The number of nitrogens with one attached hydrogen (secondary N) is 1. The summed E-state index contributed by atoms with van der Waals surface area (Å²) in [5, 5.41) is 11.7. The van der Waals surface area contributed by atoms with Crippen molar-refractivity contribution < 1.29 is 13.2 Å². The predicted octanol–water partition coefficient (Wildman–Crippen LogP) is 6.26. The molecule has 0 spiro atoms. The van der Waals surface area contributed by atoms with Gasteiger partial charge in [-0.2, -0.15) is 0 Å². The normalized spacial score (nSPS) is 11.3. The third kappa shape index (κ3) is 6.07. The number of hydrogen-bond acceptors (Lipinski definition) is 7. The second-order valence-corrected chi connectivity index (χ2v) is 12.5. The number of aryl methyl sites for hydroxylation is 1. The van der Waals surface area contributed by atoms with E-state index in [-0.39, 0.29) is 22.7 Å². The highest BCUT2D eigenvalue weighted by Crippen LogP contribution is 2.31. The molecule has 0 bridgehead atoms. The number of anilines is 2. The van der Waals surface area contributed by atoms with E-state index in [1.165, 1.54) is 27.4 Å². The lowest BCUT2D eigenvalue weighted by molar-refractivity contribution is 0.102. The van der Waals surface area contributed by atoms with Gasteiger partial charge in [-0.3, -0.25) is 14.4 Å². The molecule has 0 atom stereocenters. The van der Waals surface area contributed by atoms with Gasteiger partial charge in [0.25, 0.3) is 15.9 Å². The van der Waals surface area contributed by atoms with Crippen LogP contribution in [0.1, 0.15) is 28.4 Å². The second kappa shape index (κ2) is 11.4. The van der Waals surface area contributed by atoms with E-state index in [0.29, 0.717) is 10.2 Å². The summed E-state index contributed by atoms with van der Waals surface area (Å²) >= 11 is 8.83. The molecule has 0 saturated carbocycles. The van der Waals surface area contributed by atoms with Crippen LogP contribution in [0.25, 0.3) is 0 Å². The monoisotopic (exact) mass is 558 g/mol. The van der Waals surface area contributed by atoms with Gasteiger partial charge in [0.2, 0.25) is 5.13 Å². The van der Waals surface area contributed by atoms with Crippen molar-refractivity contribution in [1.29, 1.82) is 0 Å². The van der Waals surface area contributed by atoms with Gasteiger partial charge in [-0.1, -0.05) is 83.6 Å². The highest BCUT2D eigenvalue weighted by atomic mass is 35.5. The zero-order valence-corrected chi connectivity index (χ0v) is 22.7. The van der Waals surface area contributed by atoms with Gasteiger partial charge >= 0.3 is 0 Å². The molecular formula is C25H23ClN4O3S3. The molecular weight excluding hydrogens is 536 g/mol. The van der Waals surface area contributed by atoms with Crippen LogP contribution >= 0.6 is 34.7 Å². The van der Waals surface area contributed by atoms with Gasteiger partial charge in [-0.25, -0.2) is 8.42 Å². The van der Waals surface area contributed by atoms with Crippen LogP contribution in [0.2, 0.25) is 5.02 Å². The van der Waals surface area contributed by atoms with E-state index in [9.17, 15) is 13.2 Å². The molecule has 0 fully saturated rings. The highest BCUT2D eigenvalue weighted by Gasteiger charge is 2.29. The summed E-state index contributed by atoms with van der Waals surface area (Å²) in [6.07, 6.45) is 0. The maximum absolute atomic E-state index is 13.9. The fourth-order valence-corrected chi connectivity index (χ4v) is 6.62. The maximum Gasteiger partial charge on any atom is 0.264 e. The summed E-state index contributed by atoms with van der Waals surface area (Å²) in [6, 6.07) is 20.1. The van der Waals surface area contributed by atoms with Crippen LogP contribution in [-0.2, 0) is 16.6 Å². The molecule has 0 aliphatic heterocycles. The standard InChI is InChI=1S/C25H23ClN4O3S3/c1-3-34-25-29-28-24(35-25)27-23(31)21-6-4-5-7-22(21)30(16-18-10-12-19(26)13-11-18)36(32,33)20-14-8-17(2)9-15-20/h4-15H,3,16H2,1-2H3,(H,27,28,31). The van der Waals surface area contributed by atoms with Gasteiger partial charge in [0, 0.05) is 5.02 Å². The zero-order valence-electron chi connectivity index (χ0n) is 19.5. The Morgan fingerprint density at radius 1 is 1.03 bits per heavy atom. The largest absolute Gasteiger partial charge is 0.296 e. The van der Waals surface area contributed by atoms with Crippen molar-refractivity contribution >= 4 is 61.4 Å². The van der Waals surface area contributed by atoms with Crippen LogP contribution in [0.4, 0.5) is 10.8 Å². The minimum absolute atomic E-state index is 0.00771. The first-order valence-corrected chi connectivity index (χ1v) is 14.6. The SMILES string of the molecule is CCSc1nnc(NC(=O)c2ccccc2N(Cc2ccc(Cl)cc2)S(=O)(=O)c2ccc(C)cc2)s1. The van der Waals surface area contributed by atoms with Gasteiger partial charge in [0.15, 0.2) is 4.34 Å². The maximum atomic E-state index is 13.9. The van der Waals surface area contributed by atoms with Gasteiger partial charge in [-0.05, 0) is 54.6 Å². The average Bonchev–Trinajstić information content (AvgIpc) is 3.30. The van der Waals surface area contributed by atoms with Gasteiger partial charge in [-0.15, -0.1) is 10.2 Å². The van der Waals surface area contributed by atoms with Crippen molar-refractivity contribution in [3.8, 4) is 0 Å². The topological polar surface area (TPSA) is 92.3 Å². The van der Waals surface area contributed by atoms with Crippen molar-refractivity contribution in [1.82, 2.24) is 10.2 Å². The van der Waals surface area contributed by atoms with Gasteiger partial charge < -0.3 is 0 Å². The minimum atomic E-state index is -4.02. The number of rotatable bonds is 9. The highest BCUT2D eigenvalue weighted by molar-refractivity contribution is 8.01. The van der Waals surface area contributed by atoms with E-state index in [2.05, 4.69) is 15.5 Å². The Morgan fingerprint density at radius 2 is 1.72 bits per heavy atom. The number of aromatic nitrogens is 2. The first-order valence-electron chi connectivity index (χ1n) is 11.0. The summed E-state index contributed by atoms with van der Waals surface area (Å²) in [7, 11) is -4.02. The lowest BCUT2D eigenvalue weighted by Crippen LogP contribution is -2.32. The summed E-state index contributed by atoms with van der Waals surface area (Å²) in [4.78, 5) is 13.4. The van der Waals surface area contributed by atoms with Crippen molar-refractivity contribution in [2.45, 2.75) is 29.6 Å². The quantitative estimate of drug-likeness (QED) is 0.192. The molecule has 4 rings (SSSR count). The Balaban J connectivity index is 1.75. The van der Waals surface area contributed by atoms with Crippen molar-refractivity contribution in [3.05, 3.63) is 94.5 Å². The van der Waals surface area contributed by atoms with Crippen molar-refractivity contribution in [2.75, 3.05) is 15.4 Å². The smallest absolute Gasteiger partial charge is 0.264 e. The third-order valence-electron chi connectivity index (χ3n) is 5.16. The van der Waals surface area contributed by atoms with Crippen molar-refractivity contribution in [2.24, 2.45) is 0 Å². The number of benzene rings is 3. The van der Waals surface area contributed by atoms with Crippen LogP contribution in [0.3, 0.4) is 0 Å². The predicted molar refractivity (Wildman–Crippen MR) is 147 cm³/mol. The van der Waals surface area contributed by atoms with E-state index in [0.717, 1.165) is 21.2 Å². The van der Waals surface area contributed by atoms with Gasteiger partial charge in [0.1, 0.15) is 0 Å². The lowest BCUT2D eigenvalue weighted by Gasteiger charge is -2.26. The molecule has 4 aromatic rings. The van der Waals surface area contributed by atoms with E-state index >= 15 is 0 Å². The molecule has 1 aromatic heterocycles. The Bertz CT molecular complexity index is 1460. The molecule has 0 unspecified atom stereocenters. The third-order valence-corrected chi connectivity index (χ3v) is 9.04. The van der Waals surface area contributed by atoms with Crippen LogP contribution in [0.15, 0.2) is 82.0 Å². The van der Waals surface area contributed by atoms with Crippen molar-refractivity contribution in [3.63, 3.8) is 0 Å². The number of nitrogens with zero attached hydrogens (tertiary/aromatic N) is 3. The van der Waals surface area contributed by atoms with Crippen LogP contribution < -0.4 is 9.62 Å². The Labute approximate surface area is 223 Å². The Morgan fingerprint density at radius 3 is 2.42 bits per heavy atom. The fourth-order valence-electron chi connectivity index (χ4n) is 3.38. The van der Waals surface area contributed by atoms with E-state index in [4.69, 9.17) is 11.6 Å². The minimum Gasteiger partial charge on any atom is -0.296 e. The zero-order chi connectivity index (χ0) is 25.7. The average molecular weight is 559 g/mol. The molecule has 7 nitrogen and oxygen atoms in total. The number of thioether (sulfide) groups is 1. The van der Waals surface area contributed by atoms with Crippen LogP contribution in [0, 0.1) is 6.92 Å². The molecule has 11 heteroatoms. The molecule has 0 radical (unpaired) electrons.